The van der Waals surface area contributed by atoms with Gasteiger partial charge in [0.25, 0.3) is 0 Å². The van der Waals surface area contributed by atoms with Crippen LogP contribution in [0.15, 0.2) is 0 Å². The maximum Gasteiger partial charge on any atom is 0.228 e. The second-order valence-electron chi connectivity index (χ2n) is 2.88. The summed E-state index contributed by atoms with van der Waals surface area (Å²) >= 11 is 0. The molecule has 2 N–H and O–H groups in total. The Labute approximate surface area is 65.8 Å². The molecule has 11 heavy (non-hydrogen) atoms. The van der Waals surface area contributed by atoms with Gasteiger partial charge in [-0.15, -0.1) is 0 Å². The largest absolute Gasteiger partial charge is 0.395 e. The molecule has 0 bridgehead atoms. The van der Waals surface area contributed by atoms with Gasteiger partial charge in [-0.2, -0.15) is 5.26 Å². The van der Waals surface area contributed by atoms with Gasteiger partial charge in [0.2, 0.25) is 5.91 Å². The highest BCUT2D eigenvalue weighted by molar-refractivity contribution is 5.82. The fourth-order valence-electron chi connectivity index (χ4n) is 0.431. The van der Waals surface area contributed by atoms with Crippen LogP contribution in [0.4, 0.5) is 0 Å². The summed E-state index contributed by atoms with van der Waals surface area (Å²) in [5, 5.41) is 19.2. The van der Waals surface area contributed by atoms with Gasteiger partial charge in [0.05, 0.1) is 18.1 Å². The molecule has 0 unspecified atom stereocenters. The number of hydrogen-bond donors (Lipinski definition) is 2. The first kappa shape index (κ1) is 9.92. The Bertz CT molecular complexity index is 181. The van der Waals surface area contributed by atoms with E-state index in [2.05, 4.69) is 5.32 Å². The highest BCUT2D eigenvalue weighted by Crippen LogP contribution is 2.12. The SMILES string of the molecule is CC(C)(CO)C(=O)NCC#N. The first-order chi connectivity index (χ1) is 5.04. The summed E-state index contributed by atoms with van der Waals surface area (Å²) in [7, 11) is 0. The lowest BCUT2D eigenvalue weighted by Gasteiger charge is -2.19. The molecule has 0 aliphatic rings. The normalized spacial score (nSPS) is 10.4. The number of nitrogens with one attached hydrogen (secondary N) is 1. The topological polar surface area (TPSA) is 73.1 Å². The van der Waals surface area contributed by atoms with Gasteiger partial charge in [-0.25, -0.2) is 0 Å². The predicted molar refractivity (Wildman–Crippen MR) is 39.5 cm³/mol. The molecule has 0 saturated heterocycles. The standard InChI is InChI=1S/C7H12N2O2/c1-7(2,5-10)6(11)9-4-3-8/h10H,4-5H2,1-2H3,(H,9,11). The molecule has 0 saturated carbocycles. The van der Waals surface area contributed by atoms with Gasteiger partial charge < -0.3 is 10.4 Å². The number of rotatable bonds is 3. The number of aliphatic hydroxyl groups is 1. The van der Waals surface area contributed by atoms with E-state index in [-0.39, 0.29) is 19.1 Å². The zero-order valence-corrected chi connectivity index (χ0v) is 6.72. The van der Waals surface area contributed by atoms with Crippen LogP contribution in [0.3, 0.4) is 0 Å². The molecule has 0 fully saturated rings. The molecule has 0 aliphatic heterocycles. The van der Waals surface area contributed by atoms with Crippen molar-refractivity contribution >= 4 is 5.91 Å². The van der Waals surface area contributed by atoms with Crippen LogP contribution in [-0.2, 0) is 4.79 Å². The number of carbonyl (C=O) groups is 1. The third-order valence-electron chi connectivity index (χ3n) is 1.34. The lowest BCUT2D eigenvalue weighted by Crippen LogP contribution is -2.39. The molecule has 0 aromatic heterocycles. The molecule has 0 atom stereocenters. The molecule has 62 valence electrons. The zero-order valence-electron chi connectivity index (χ0n) is 6.72. The fraction of sp³-hybridized carbons (Fsp3) is 0.714. The molecular formula is C7H12N2O2. The molecule has 0 radical (unpaired) electrons. The lowest BCUT2D eigenvalue weighted by atomic mass is 9.94. The fourth-order valence-corrected chi connectivity index (χ4v) is 0.431. The number of nitriles is 1. The van der Waals surface area contributed by atoms with Crippen molar-refractivity contribution in [2.45, 2.75) is 13.8 Å². The number of aliphatic hydroxyl groups excluding tert-OH is 1. The number of nitrogens with zero attached hydrogens (tertiary/aromatic N) is 1. The first-order valence-electron chi connectivity index (χ1n) is 3.30. The molecule has 0 aromatic rings. The monoisotopic (exact) mass is 156 g/mol. The van der Waals surface area contributed by atoms with E-state index in [1.54, 1.807) is 19.9 Å². The minimum atomic E-state index is -0.795. The van der Waals surface area contributed by atoms with E-state index >= 15 is 0 Å². The summed E-state index contributed by atoms with van der Waals surface area (Å²) in [5.41, 5.74) is -0.795. The third-order valence-corrected chi connectivity index (χ3v) is 1.34. The number of carbonyl (C=O) groups excluding carboxylic acids is 1. The van der Waals surface area contributed by atoms with Crippen LogP contribution in [0.25, 0.3) is 0 Å². The van der Waals surface area contributed by atoms with Crippen LogP contribution in [0, 0.1) is 16.7 Å². The Morgan fingerprint density at radius 1 is 1.73 bits per heavy atom. The molecule has 0 rings (SSSR count). The number of amides is 1. The van der Waals surface area contributed by atoms with E-state index in [1.165, 1.54) is 0 Å². The van der Waals surface area contributed by atoms with Gasteiger partial charge in [0, 0.05) is 0 Å². The van der Waals surface area contributed by atoms with E-state index in [0.29, 0.717) is 0 Å². The predicted octanol–water partition coefficient (Wildman–Crippen LogP) is -0.355. The summed E-state index contributed by atoms with van der Waals surface area (Å²) in [5.74, 6) is -0.304. The summed E-state index contributed by atoms with van der Waals surface area (Å²) < 4.78 is 0. The van der Waals surface area contributed by atoms with E-state index in [9.17, 15) is 4.79 Å². The van der Waals surface area contributed by atoms with Gasteiger partial charge in [0.1, 0.15) is 6.54 Å². The van der Waals surface area contributed by atoms with Crippen molar-refractivity contribution in [2.75, 3.05) is 13.2 Å². The molecule has 4 nitrogen and oxygen atoms in total. The molecular weight excluding hydrogens is 144 g/mol. The Morgan fingerprint density at radius 2 is 2.27 bits per heavy atom. The molecule has 0 aliphatic carbocycles. The second-order valence-corrected chi connectivity index (χ2v) is 2.88. The first-order valence-corrected chi connectivity index (χ1v) is 3.30. The lowest BCUT2D eigenvalue weighted by molar-refractivity contribution is -0.130. The van der Waals surface area contributed by atoms with Gasteiger partial charge in [-0.1, -0.05) is 0 Å². The van der Waals surface area contributed by atoms with Crippen molar-refractivity contribution < 1.29 is 9.90 Å². The minimum Gasteiger partial charge on any atom is -0.395 e. The van der Waals surface area contributed by atoms with Crippen molar-refractivity contribution in [3.63, 3.8) is 0 Å². The smallest absolute Gasteiger partial charge is 0.228 e. The van der Waals surface area contributed by atoms with E-state index in [4.69, 9.17) is 10.4 Å². The van der Waals surface area contributed by atoms with E-state index in [1.807, 2.05) is 0 Å². The Balaban J connectivity index is 3.94. The number of hydrogen-bond acceptors (Lipinski definition) is 3. The second kappa shape index (κ2) is 3.94. The molecule has 0 spiro atoms. The van der Waals surface area contributed by atoms with Crippen LogP contribution in [0.5, 0.6) is 0 Å². The highest BCUT2D eigenvalue weighted by Gasteiger charge is 2.25. The van der Waals surface area contributed by atoms with Crippen LogP contribution in [0.2, 0.25) is 0 Å². The quantitative estimate of drug-likeness (QED) is 0.548. The Hall–Kier alpha value is -1.08. The van der Waals surface area contributed by atoms with Crippen molar-refractivity contribution in [1.29, 1.82) is 5.26 Å². The van der Waals surface area contributed by atoms with Gasteiger partial charge in [0.15, 0.2) is 0 Å². The van der Waals surface area contributed by atoms with Crippen LogP contribution in [-0.4, -0.2) is 24.2 Å². The summed E-state index contributed by atoms with van der Waals surface area (Å²) in [6.07, 6.45) is 0. The van der Waals surface area contributed by atoms with E-state index < -0.39 is 5.41 Å². The highest BCUT2D eigenvalue weighted by atomic mass is 16.3. The summed E-state index contributed by atoms with van der Waals surface area (Å²) in [6, 6.07) is 1.78. The molecule has 4 heteroatoms. The Kier molecular flexibility index (Phi) is 3.55. The molecule has 0 aromatic carbocycles. The van der Waals surface area contributed by atoms with E-state index in [0.717, 1.165) is 0 Å². The van der Waals surface area contributed by atoms with Gasteiger partial charge >= 0.3 is 0 Å². The van der Waals surface area contributed by atoms with Crippen molar-refractivity contribution in [2.24, 2.45) is 5.41 Å². The Morgan fingerprint density at radius 3 is 2.64 bits per heavy atom. The average Bonchev–Trinajstić information content (AvgIpc) is 2.00. The average molecular weight is 156 g/mol. The van der Waals surface area contributed by atoms with Crippen LogP contribution in [0.1, 0.15) is 13.8 Å². The molecule has 0 heterocycles. The maximum atomic E-state index is 11.0. The summed E-state index contributed by atoms with van der Waals surface area (Å²) in [6.45, 7) is 2.99. The minimum absolute atomic E-state index is 0.0116. The van der Waals surface area contributed by atoms with Gasteiger partial charge in [-0.05, 0) is 13.8 Å². The third kappa shape index (κ3) is 3.01. The van der Waals surface area contributed by atoms with Crippen LogP contribution >= 0.6 is 0 Å². The van der Waals surface area contributed by atoms with Gasteiger partial charge in [-0.3, -0.25) is 4.79 Å². The van der Waals surface area contributed by atoms with Crippen LogP contribution < -0.4 is 5.32 Å². The maximum absolute atomic E-state index is 11.0. The van der Waals surface area contributed by atoms with Crippen molar-refractivity contribution in [3.8, 4) is 6.07 Å². The summed E-state index contributed by atoms with van der Waals surface area (Å²) in [4.78, 5) is 11.0. The van der Waals surface area contributed by atoms with Crippen molar-refractivity contribution in [3.05, 3.63) is 0 Å². The van der Waals surface area contributed by atoms with Crippen molar-refractivity contribution in [1.82, 2.24) is 5.32 Å². The zero-order chi connectivity index (χ0) is 8.91. The molecule has 1 amide bonds.